The second-order valence-electron chi connectivity index (χ2n) is 8.63. The maximum absolute atomic E-state index is 13.1. The Morgan fingerprint density at radius 1 is 1.12 bits per heavy atom. The van der Waals surface area contributed by atoms with Crippen molar-refractivity contribution >= 4 is 33.7 Å². The van der Waals surface area contributed by atoms with Crippen LogP contribution in [0, 0.1) is 5.92 Å². The van der Waals surface area contributed by atoms with Crippen molar-refractivity contribution < 1.29 is 18.0 Å². The Hall–Kier alpha value is -3.04. The standard InChI is InChI=1S/C22H25F3N6O/c23-22(24,25)14-2-1-9-31(13-14)21(32)29-15-5-10-30(11-6-15)18-4-8-26-17-12-28-20-16(19(17)18)3-7-27-20/h3-4,7-8,12,14-15,26H,1-2,5-6,9-11,13H2,(H,29,32). The number of nitrogens with zero attached hydrogens (tertiary/aromatic N) is 4. The molecule has 2 aliphatic rings. The van der Waals surface area contributed by atoms with Gasteiger partial charge in [0.2, 0.25) is 0 Å². The van der Waals surface area contributed by atoms with Crippen molar-refractivity contribution in [2.24, 2.45) is 5.92 Å². The molecule has 0 radical (unpaired) electrons. The second kappa shape index (κ2) is 8.14. The molecule has 1 atom stereocenters. The molecule has 5 heterocycles. The first-order chi connectivity index (χ1) is 15.4. The van der Waals surface area contributed by atoms with Gasteiger partial charge in [-0.25, -0.2) is 14.8 Å². The Labute approximate surface area is 183 Å². The largest absolute Gasteiger partial charge is 0.393 e. The zero-order valence-electron chi connectivity index (χ0n) is 17.5. The minimum Gasteiger partial charge on any atom is -0.371 e. The number of pyridine rings is 2. The van der Waals surface area contributed by atoms with Gasteiger partial charge in [0.05, 0.1) is 17.6 Å². The molecule has 2 N–H and O–H groups in total. The number of nitrogens with one attached hydrogen (secondary N) is 2. The van der Waals surface area contributed by atoms with Crippen LogP contribution in [0.15, 0.2) is 30.7 Å². The van der Waals surface area contributed by atoms with Crippen molar-refractivity contribution in [1.82, 2.24) is 25.2 Å². The van der Waals surface area contributed by atoms with Crippen LogP contribution in [0.2, 0.25) is 0 Å². The molecular weight excluding hydrogens is 421 g/mol. The highest BCUT2D eigenvalue weighted by Crippen LogP contribution is 2.34. The van der Waals surface area contributed by atoms with Gasteiger partial charge in [0.25, 0.3) is 0 Å². The van der Waals surface area contributed by atoms with Crippen molar-refractivity contribution in [3.8, 4) is 0 Å². The number of hydrogen-bond donors (Lipinski definition) is 2. The topological polar surface area (TPSA) is 77.1 Å². The number of likely N-dealkylation sites (tertiary alicyclic amines) is 1. The molecule has 3 aromatic heterocycles. The summed E-state index contributed by atoms with van der Waals surface area (Å²) in [4.78, 5) is 28.1. The van der Waals surface area contributed by atoms with Gasteiger partial charge in [0.15, 0.2) is 5.65 Å². The average molecular weight is 446 g/mol. The molecule has 2 fully saturated rings. The molecule has 32 heavy (non-hydrogen) atoms. The van der Waals surface area contributed by atoms with Crippen LogP contribution in [0.3, 0.4) is 0 Å². The molecule has 0 spiro atoms. The number of aromatic nitrogens is 3. The lowest BCUT2D eigenvalue weighted by atomic mass is 9.97. The summed E-state index contributed by atoms with van der Waals surface area (Å²) in [6.45, 7) is 1.61. The Kier molecular flexibility index (Phi) is 5.30. The number of rotatable bonds is 2. The van der Waals surface area contributed by atoms with E-state index in [0.717, 1.165) is 47.9 Å². The molecule has 0 aromatic carbocycles. The third-order valence-corrected chi connectivity index (χ3v) is 6.60. The molecule has 1 unspecified atom stereocenters. The van der Waals surface area contributed by atoms with Crippen LogP contribution in [-0.4, -0.2) is 64.3 Å². The van der Waals surface area contributed by atoms with E-state index in [9.17, 15) is 18.0 Å². The predicted octanol–water partition coefficient (Wildman–Crippen LogP) is 4.06. The number of anilines is 1. The van der Waals surface area contributed by atoms with Crippen LogP contribution in [0.4, 0.5) is 23.7 Å². The number of amides is 2. The normalized spacial score (nSPS) is 20.8. The highest BCUT2D eigenvalue weighted by atomic mass is 19.4. The van der Waals surface area contributed by atoms with Crippen LogP contribution in [0.5, 0.6) is 0 Å². The Bertz CT molecular complexity index is 1120. The minimum absolute atomic E-state index is 0.0474. The highest BCUT2D eigenvalue weighted by Gasteiger charge is 2.42. The van der Waals surface area contributed by atoms with Gasteiger partial charge >= 0.3 is 12.2 Å². The molecule has 5 rings (SSSR count). The van der Waals surface area contributed by atoms with Gasteiger partial charge in [-0.2, -0.15) is 13.2 Å². The molecule has 0 aliphatic carbocycles. The van der Waals surface area contributed by atoms with Gasteiger partial charge in [-0.15, -0.1) is 0 Å². The molecule has 2 aliphatic heterocycles. The summed E-state index contributed by atoms with van der Waals surface area (Å²) in [7, 11) is 0. The zero-order valence-corrected chi connectivity index (χ0v) is 17.5. The van der Waals surface area contributed by atoms with Gasteiger partial charge in [-0.05, 0) is 37.8 Å². The van der Waals surface area contributed by atoms with Crippen LogP contribution >= 0.6 is 0 Å². The average Bonchev–Trinajstić information content (AvgIpc) is 3.28. The SMILES string of the molecule is O=C(NC1CCN(c2cc[nH]c3cnc4nccc4c23)CC1)N1CCCC(C(F)(F)F)C1. The van der Waals surface area contributed by atoms with Crippen LogP contribution in [0.1, 0.15) is 25.7 Å². The van der Waals surface area contributed by atoms with Crippen LogP contribution in [-0.2, 0) is 0 Å². The van der Waals surface area contributed by atoms with Gasteiger partial charge < -0.3 is 20.1 Å². The lowest BCUT2D eigenvalue weighted by molar-refractivity contribution is -0.184. The fourth-order valence-electron chi connectivity index (χ4n) is 4.86. The van der Waals surface area contributed by atoms with Crippen molar-refractivity contribution in [3.05, 3.63) is 30.7 Å². The van der Waals surface area contributed by atoms with Gasteiger partial charge in [0.1, 0.15) is 0 Å². The fraction of sp³-hybridized carbons (Fsp3) is 0.500. The fourth-order valence-corrected chi connectivity index (χ4v) is 4.86. The second-order valence-corrected chi connectivity index (χ2v) is 8.63. The number of urea groups is 1. The summed E-state index contributed by atoms with van der Waals surface area (Å²) in [5.74, 6) is -1.43. The summed E-state index contributed by atoms with van der Waals surface area (Å²) in [6, 6.07) is 3.57. The van der Waals surface area contributed by atoms with E-state index >= 15 is 0 Å². The molecule has 2 amide bonds. The summed E-state index contributed by atoms with van der Waals surface area (Å²) >= 11 is 0. The van der Waals surface area contributed by atoms with E-state index in [-0.39, 0.29) is 25.0 Å². The van der Waals surface area contributed by atoms with Gasteiger partial charge in [-0.3, -0.25) is 0 Å². The number of aromatic amines is 1. The van der Waals surface area contributed by atoms with Gasteiger partial charge in [-0.1, -0.05) is 0 Å². The number of fused-ring (bicyclic) bond motifs is 3. The lowest BCUT2D eigenvalue weighted by Gasteiger charge is -2.37. The number of carbonyl (C=O) groups excluding carboxylic acids is 1. The number of piperidine rings is 2. The Balaban J connectivity index is 1.24. The molecule has 0 saturated carbocycles. The lowest BCUT2D eigenvalue weighted by Crippen LogP contribution is -2.52. The van der Waals surface area contributed by atoms with E-state index in [2.05, 4.69) is 25.2 Å². The maximum atomic E-state index is 13.1. The van der Waals surface area contributed by atoms with Crippen LogP contribution in [0.25, 0.3) is 21.9 Å². The Morgan fingerprint density at radius 3 is 2.72 bits per heavy atom. The van der Waals surface area contributed by atoms with E-state index in [1.165, 1.54) is 4.90 Å². The van der Waals surface area contributed by atoms with E-state index in [1.54, 1.807) is 12.4 Å². The smallest absolute Gasteiger partial charge is 0.371 e. The van der Waals surface area contributed by atoms with E-state index in [0.29, 0.717) is 18.6 Å². The van der Waals surface area contributed by atoms with Gasteiger partial charge in [0, 0.05) is 61.1 Å². The quantitative estimate of drug-likeness (QED) is 0.622. The third-order valence-electron chi connectivity index (χ3n) is 6.60. The molecular formula is C22H25F3N6O. The van der Waals surface area contributed by atoms with Crippen LogP contribution < -0.4 is 10.2 Å². The maximum Gasteiger partial charge on any atom is 0.393 e. The summed E-state index contributed by atoms with van der Waals surface area (Å²) in [5.41, 5.74) is 2.73. The molecule has 7 nitrogen and oxygen atoms in total. The number of H-pyrrole nitrogens is 1. The molecule has 170 valence electrons. The van der Waals surface area contributed by atoms with E-state index in [1.807, 2.05) is 18.3 Å². The number of carbonyl (C=O) groups is 1. The predicted molar refractivity (Wildman–Crippen MR) is 116 cm³/mol. The van der Waals surface area contributed by atoms with Crippen molar-refractivity contribution in [1.29, 1.82) is 0 Å². The minimum atomic E-state index is -4.25. The molecule has 2 saturated heterocycles. The van der Waals surface area contributed by atoms with Crippen molar-refractivity contribution in [2.75, 3.05) is 31.1 Å². The number of alkyl halides is 3. The van der Waals surface area contributed by atoms with E-state index in [4.69, 9.17) is 0 Å². The first kappa shape index (κ1) is 20.8. The number of halogens is 3. The summed E-state index contributed by atoms with van der Waals surface area (Å²) in [5, 5.41) is 5.03. The molecule has 0 bridgehead atoms. The zero-order chi connectivity index (χ0) is 22.3. The summed E-state index contributed by atoms with van der Waals surface area (Å²) in [6.07, 6.45) is 3.12. The monoisotopic (exact) mass is 446 g/mol. The van der Waals surface area contributed by atoms with Crippen molar-refractivity contribution in [2.45, 2.75) is 37.9 Å². The van der Waals surface area contributed by atoms with Crippen molar-refractivity contribution in [3.63, 3.8) is 0 Å². The first-order valence-corrected chi connectivity index (χ1v) is 11.0. The van der Waals surface area contributed by atoms with E-state index < -0.39 is 12.1 Å². The molecule has 3 aromatic rings. The highest BCUT2D eigenvalue weighted by molar-refractivity contribution is 6.09. The Morgan fingerprint density at radius 2 is 1.94 bits per heavy atom. The third kappa shape index (κ3) is 3.93. The molecule has 10 heteroatoms. The number of hydrogen-bond acceptors (Lipinski definition) is 4. The summed E-state index contributed by atoms with van der Waals surface area (Å²) < 4.78 is 39.2. The first-order valence-electron chi connectivity index (χ1n) is 11.0.